The summed E-state index contributed by atoms with van der Waals surface area (Å²) in [6, 6.07) is 9.19. The van der Waals surface area contributed by atoms with Crippen molar-refractivity contribution in [3.05, 3.63) is 41.4 Å². The van der Waals surface area contributed by atoms with E-state index in [1.54, 1.807) is 20.3 Å². The SMILES string of the molecule is COc1ccc(-c2ccc(SCC(=O)Nc3nc(C)cs3)nn2)c(OC)c1. The van der Waals surface area contributed by atoms with Crippen LogP contribution >= 0.6 is 23.1 Å². The number of amides is 1. The van der Waals surface area contributed by atoms with E-state index < -0.39 is 0 Å². The smallest absolute Gasteiger partial charge is 0.236 e. The molecule has 3 aromatic rings. The number of hydrogen-bond acceptors (Lipinski definition) is 8. The van der Waals surface area contributed by atoms with Crippen molar-refractivity contribution in [1.29, 1.82) is 0 Å². The Bertz CT molecular complexity index is 929. The summed E-state index contributed by atoms with van der Waals surface area (Å²) in [7, 11) is 3.20. The number of nitrogens with one attached hydrogen (secondary N) is 1. The fraction of sp³-hybridized carbons (Fsp3) is 0.222. The van der Waals surface area contributed by atoms with Gasteiger partial charge in [-0.2, -0.15) is 0 Å². The maximum atomic E-state index is 12.0. The molecule has 1 aromatic carbocycles. The zero-order chi connectivity index (χ0) is 19.2. The first kappa shape index (κ1) is 19.1. The van der Waals surface area contributed by atoms with Crippen molar-refractivity contribution in [2.75, 3.05) is 25.3 Å². The largest absolute Gasteiger partial charge is 0.497 e. The van der Waals surface area contributed by atoms with Crippen LogP contribution in [0.5, 0.6) is 11.5 Å². The van der Waals surface area contributed by atoms with Crippen LogP contribution in [-0.4, -0.2) is 41.1 Å². The lowest BCUT2D eigenvalue weighted by atomic mass is 10.1. The second-order valence-electron chi connectivity index (χ2n) is 5.45. The first-order chi connectivity index (χ1) is 13.1. The van der Waals surface area contributed by atoms with Gasteiger partial charge in [0.2, 0.25) is 5.91 Å². The number of thiazole rings is 1. The first-order valence-electron chi connectivity index (χ1n) is 8.00. The van der Waals surface area contributed by atoms with Gasteiger partial charge in [-0.25, -0.2) is 4.98 Å². The Morgan fingerprint density at radius 2 is 2.04 bits per heavy atom. The quantitative estimate of drug-likeness (QED) is 0.604. The third-order valence-electron chi connectivity index (χ3n) is 3.54. The highest BCUT2D eigenvalue weighted by Gasteiger charge is 2.11. The van der Waals surface area contributed by atoms with Gasteiger partial charge in [0.25, 0.3) is 0 Å². The maximum absolute atomic E-state index is 12.0. The predicted molar refractivity (Wildman–Crippen MR) is 107 cm³/mol. The summed E-state index contributed by atoms with van der Waals surface area (Å²) in [6.45, 7) is 1.88. The van der Waals surface area contributed by atoms with Gasteiger partial charge in [0.05, 0.1) is 31.4 Å². The van der Waals surface area contributed by atoms with Gasteiger partial charge in [-0.15, -0.1) is 21.5 Å². The topological polar surface area (TPSA) is 86.2 Å². The molecule has 1 N–H and O–H groups in total. The molecule has 0 saturated heterocycles. The first-order valence-corrected chi connectivity index (χ1v) is 9.86. The van der Waals surface area contributed by atoms with Crippen LogP contribution < -0.4 is 14.8 Å². The molecular weight excluding hydrogens is 384 g/mol. The average molecular weight is 403 g/mol. The lowest BCUT2D eigenvalue weighted by molar-refractivity contribution is -0.113. The number of ether oxygens (including phenoxy) is 2. The van der Waals surface area contributed by atoms with Gasteiger partial charge < -0.3 is 14.8 Å². The number of thioether (sulfide) groups is 1. The molecule has 0 spiro atoms. The van der Waals surface area contributed by atoms with Crippen molar-refractivity contribution in [1.82, 2.24) is 15.2 Å². The lowest BCUT2D eigenvalue weighted by Gasteiger charge is -2.09. The van der Waals surface area contributed by atoms with E-state index in [9.17, 15) is 4.79 Å². The summed E-state index contributed by atoms with van der Waals surface area (Å²) in [6.07, 6.45) is 0. The number of methoxy groups -OCH3 is 2. The van der Waals surface area contributed by atoms with E-state index in [2.05, 4.69) is 20.5 Å². The summed E-state index contributed by atoms with van der Waals surface area (Å²) in [5, 5.41) is 14.4. The van der Waals surface area contributed by atoms with Crippen LogP contribution in [0.25, 0.3) is 11.3 Å². The molecule has 3 rings (SSSR count). The molecule has 0 atom stereocenters. The molecule has 0 saturated carbocycles. The molecule has 0 aliphatic carbocycles. The van der Waals surface area contributed by atoms with Gasteiger partial charge in [0.15, 0.2) is 5.13 Å². The number of aromatic nitrogens is 3. The minimum absolute atomic E-state index is 0.128. The maximum Gasteiger partial charge on any atom is 0.236 e. The highest BCUT2D eigenvalue weighted by molar-refractivity contribution is 7.99. The van der Waals surface area contributed by atoms with Crippen LogP contribution in [0.3, 0.4) is 0 Å². The monoisotopic (exact) mass is 402 g/mol. The molecule has 0 aliphatic rings. The van der Waals surface area contributed by atoms with Crippen molar-refractivity contribution < 1.29 is 14.3 Å². The fourth-order valence-electron chi connectivity index (χ4n) is 2.26. The average Bonchev–Trinajstić information content (AvgIpc) is 3.10. The van der Waals surface area contributed by atoms with E-state index in [-0.39, 0.29) is 11.7 Å². The standard InChI is InChI=1S/C18H18N4O3S2/c1-11-9-27-18(19-11)20-16(23)10-26-17-7-6-14(21-22-17)13-5-4-12(24-2)8-15(13)25-3/h4-9H,10H2,1-3H3,(H,19,20,23). The number of nitrogens with zero attached hydrogens (tertiary/aromatic N) is 3. The molecule has 0 bridgehead atoms. The van der Waals surface area contributed by atoms with Crippen molar-refractivity contribution in [2.24, 2.45) is 0 Å². The molecule has 0 fully saturated rings. The zero-order valence-corrected chi connectivity index (χ0v) is 16.7. The second-order valence-corrected chi connectivity index (χ2v) is 7.31. The van der Waals surface area contributed by atoms with Crippen molar-refractivity contribution in [3.63, 3.8) is 0 Å². The Labute approximate surface area is 165 Å². The molecule has 9 heteroatoms. The number of aryl methyl sites for hydroxylation is 1. The Kier molecular flexibility index (Phi) is 6.25. The Morgan fingerprint density at radius 3 is 2.67 bits per heavy atom. The highest BCUT2D eigenvalue weighted by atomic mass is 32.2. The zero-order valence-electron chi connectivity index (χ0n) is 15.1. The van der Waals surface area contributed by atoms with E-state index in [1.165, 1.54) is 23.1 Å². The number of rotatable bonds is 7. The number of benzene rings is 1. The predicted octanol–water partition coefficient (Wildman–Crippen LogP) is 3.66. The fourth-order valence-corrected chi connectivity index (χ4v) is 3.58. The van der Waals surface area contributed by atoms with Crippen molar-refractivity contribution in [3.8, 4) is 22.8 Å². The molecular formula is C18H18N4O3S2. The molecule has 1 amide bonds. The van der Waals surface area contributed by atoms with E-state index in [0.29, 0.717) is 27.4 Å². The Morgan fingerprint density at radius 1 is 1.19 bits per heavy atom. The highest BCUT2D eigenvalue weighted by Crippen LogP contribution is 2.32. The summed E-state index contributed by atoms with van der Waals surface area (Å²) >= 11 is 2.72. The summed E-state index contributed by atoms with van der Waals surface area (Å²) < 4.78 is 10.6. The summed E-state index contributed by atoms with van der Waals surface area (Å²) in [5.74, 6) is 1.47. The molecule has 2 heterocycles. The number of hydrogen-bond donors (Lipinski definition) is 1. The van der Waals surface area contributed by atoms with E-state index in [1.807, 2.05) is 36.6 Å². The third-order valence-corrected chi connectivity index (χ3v) is 5.34. The van der Waals surface area contributed by atoms with Gasteiger partial charge >= 0.3 is 0 Å². The Hall–Kier alpha value is -2.65. The third kappa shape index (κ3) is 4.95. The second kappa shape index (κ2) is 8.83. The van der Waals surface area contributed by atoms with Gasteiger partial charge in [0.1, 0.15) is 16.5 Å². The van der Waals surface area contributed by atoms with Crippen molar-refractivity contribution in [2.45, 2.75) is 11.9 Å². The van der Waals surface area contributed by atoms with Crippen molar-refractivity contribution >= 4 is 34.1 Å². The van der Waals surface area contributed by atoms with Crippen LogP contribution in [-0.2, 0) is 4.79 Å². The Balaban J connectivity index is 1.63. The molecule has 140 valence electrons. The van der Waals surface area contributed by atoms with Crippen LogP contribution in [0, 0.1) is 6.92 Å². The minimum Gasteiger partial charge on any atom is -0.497 e. The normalized spacial score (nSPS) is 10.5. The number of carbonyl (C=O) groups excluding carboxylic acids is 1. The number of anilines is 1. The van der Waals surface area contributed by atoms with Gasteiger partial charge in [-0.05, 0) is 31.2 Å². The van der Waals surface area contributed by atoms with Crippen LogP contribution in [0.1, 0.15) is 5.69 Å². The summed E-state index contributed by atoms with van der Waals surface area (Å²) in [5.41, 5.74) is 2.39. The summed E-state index contributed by atoms with van der Waals surface area (Å²) in [4.78, 5) is 16.2. The van der Waals surface area contributed by atoms with Crippen LogP contribution in [0.2, 0.25) is 0 Å². The van der Waals surface area contributed by atoms with E-state index in [0.717, 1.165) is 11.3 Å². The molecule has 27 heavy (non-hydrogen) atoms. The minimum atomic E-state index is -0.128. The molecule has 0 aliphatic heterocycles. The van der Waals surface area contributed by atoms with Gasteiger partial charge in [-0.3, -0.25) is 4.79 Å². The van der Waals surface area contributed by atoms with Gasteiger partial charge in [0, 0.05) is 17.0 Å². The molecule has 2 aromatic heterocycles. The van der Waals surface area contributed by atoms with E-state index in [4.69, 9.17) is 9.47 Å². The van der Waals surface area contributed by atoms with Crippen LogP contribution in [0.15, 0.2) is 40.7 Å². The van der Waals surface area contributed by atoms with Crippen LogP contribution in [0.4, 0.5) is 5.13 Å². The number of carbonyl (C=O) groups is 1. The molecule has 7 nitrogen and oxygen atoms in total. The molecule has 0 unspecified atom stereocenters. The molecule has 0 radical (unpaired) electrons. The van der Waals surface area contributed by atoms with Gasteiger partial charge in [-0.1, -0.05) is 11.8 Å². The lowest BCUT2D eigenvalue weighted by Crippen LogP contribution is -2.14. The van der Waals surface area contributed by atoms with E-state index >= 15 is 0 Å².